The largest absolute Gasteiger partial charge is 0.469 e. The lowest BCUT2D eigenvalue weighted by Crippen LogP contribution is -2.58. The molecule has 0 heterocycles. The second-order valence-electron chi connectivity index (χ2n) is 6.39. The zero-order valence-electron chi connectivity index (χ0n) is 11.7. The van der Waals surface area contributed by atoms with Crippen molar-refractivity contribution >= 4 is 11.9 Å². The maximum Gasteiger partial charge on any atom is 0.314 e. The maximum absolute atomic E-state index is 12.7. The Bertz CT molecular complexity index is 485. The van der Waals surface area contributed by atoms with E-state index in [4.69, 9.17) is 9.47 Å². The first-order valence-corrected chi connectivity index (χ1v) is 7.17. The third-order valence-electron chi connectivity index (χ3n) is 6.24. The highest BCUT2D eigenvalue weighted by Gasteiger charge is 2.82. The summed E-state index contributed by atoms with van der Waals surface area (Å²) in [5, 5.41) is 0. The Kier molecular flexibility index (Phi) is 2.16. The molecule has 4 aliphatic rings. The minimum absolute atomic E-state index is 0.0963. The molecule has 0 amide bonds. The number of hydrogen-bond donors (Lipinski definition) is 0. The second-order valence-corrected chi connectivity index (χ2v) is 6.39. The molecule has 4 heteroatoms. The van der Waals surface area contributed by atoms with Crippen LogP contribution in [-0.4, -0.2) is 26.2 Å². The molecule has 0 saturated heterocycles. The Morgan fingerprint density at radius 2 is 1.10 bits per heavy atom. The van der Waals surface area contributed by atoms with Gasteiger partial charge in [0.15, 0.2) is 0 Å². The highest BCUT2D eigenvalue weighted by Crippen LogP contribution is 2.77. The van der Waals surface area contributed by atoms with Crippen LogP contribution in [-0.2, 0) is 19.1 Å². The number of methoxy groups -OCH3 is 2. The maximum atomic E-state index is 12.7. The quantitative estimate of drug-likeness (QED) is 0.437. The van der Waals surface area contributed by atoms with E-state index >= 15 is 0 Å². The average Bonchev–Trinajstić information content (AvgIpc) is 3.21. The van der Waals surface area contributed by atoms with Gasteiger partial charge in [-0.2, -0.15) is 0 Å². The first kappa shape index (κ1) is 12.2. The molecule has 0 N–H and O–H groups in total. The molecule has 0 aromatic carbocycles. The molecular formula is C16H18O4. The van der Waals surface area contributed by atoms with E-state index in [1.54, 1.807) is 0 Å². The predicted octanol–water partition coefficient (Wildman–Crippen LogP) is 1.72. The van der Waals surface area contributed by atoms with Crippen LogP contribution >= 0.6 is 0 Å². The Morgan fingerprint density at radius 3 is 1.35 bits per heavy atom. The summed E-state index contributed by atoms with van der Waals surface area (Å²) in [5.74, 6) is -0.0933. The summed E-state index contributed by atoms with van der Waals surface area (Å²) in [6.07, 6.45) is 10.2. The summed E-state index contributed by atoms with van der Waals surface area (Å²) in [5.41, 5.74) is -1.48. The molecule has 2 saturated carbocycles. The molecule has 2 fully saturated rings. The zero-order chi connectivity index (χ0) is 14.1. The smallest absolute Gasteiger partial charge is 0.314 e. The molecule has 4 aliphatic carbocycles. The summed E-state index contributed by atoms with van der Waals surface area (Å²) >= 11 is 0. The molecule has 0 radical (unpaired) electrons. The van der Waals surface area contributed by atoms with Crippen molar-refractivity contribution in [2.24, 2.45) is 34.5 Å². The average molecular weight is 274 g/mol. The minimum Gasteiger partial charge on any atom is -0.469 e. The van der Waals surface area contributed by atoms with Crippen LogP contribution in [0.4, 0.5) is 0 Å². The molecule has 4 bridgehead atoms. The normalized spacial score (nSPS) is 49.5. The van der Waals surface area contributed by atoms with Crippen molar-refractivity contribution in [1.82, 2.24) is 0 Å². The number of carbonyl (C=O) groups excluding carboxylic acids is 2. The monoisotopic (exact) mass is 274 g/mol. The van der Waals surface area contributed by atoms with E-state index in [2.05, 4.69) is 24.3 Å². The molecule has 0 aromatic heterocycles. The molecule has 4 nitrogen and oxygen atoms in total. The number of fused-ring (bicyclic) bond motifs is 9. The first-order valence-electron chi connectivity index (χ1n) is 7.17. The Balaban J connectivity index is 2.01. The van der Waals surface area contributed by atoms with Gasteiger partial charge in [0, 0.05) is 0 Å². The zero-order valence-corrected chi connectivity index (χ0v) is 11.7. The van der Waals surface area contributed by atoms with Crippen molar-refractivity contribution in [3.63, 3.8) is 0 Å². The van der Waals surface area contributed by atoms with Crippen molar-refractivity contribution in [3.8, 4) is 0 Å². The van der Waals surface area contributed by atoms with Crippen LogP contribution in [0.2, 0.25) is 0 Å². The Hall–Kier alpha value is -1.58. The number of esters is 2. The van der Waals surface area contributed by atoms with Crippen molar-refractivity contribution < 1.29 is 19.1 Å². The number of carbonyl (C=O) groups is 2. The number of allylic oxidation sites excluding steroid dienone is 4. The van der Waals surface area contributed by atoms with Gasteiger partial charge in [0.1, 0.15) is 0 Å². The van der Waals surface area contributed by atoms with Crippen molar-refractivity contribution in [2.45, 2.75) is 12.8 Å². The van der Waals surface area contributed by atoms with Gasteiger partial charge in [-0.1, -0.05) is 24.3 Å². The Morgan fingerprint density at radius 1 is 0.800 bits per heavy atom. The molecule has 4 atom stereocenters. The molecular weight excluding hydrogens is 256 g/mol. The van der Waals surface area contributed by atoms with Gasteiger partial charge >= 0.3 is 11.9 Å². The van der Waals surface area contributed by atoms with E-state index in [1.165, 1.54) is 14.2 Å². The lowest BCUT2D eigenvalue weighted by molar-refractivity contribution is -0.182. The molecule has 106 valence electrons. The molecule has 0 aromatic rings. The van der Waals surface area contributed by atoms with Gasteiger partial charge in [-0.25, -0.2) is 0 Å². The van der Waals surface area contributed by atoms with Gasteiger partial charge < -0.3 is 9.47 Å². The van der Waals surface area contributed by atoms with E-state index in [9.17, 15) is 9.59 Å². The van der Waals surface area contributed by atoms with Crippen LogP contribution in [0.1, 0.15) is 12.8 Å². The topological polar surface area (TPSA) is 52.6 Å². The molecule has 20 heavy (non-hydrogen) atoms. The molecule has 0 unspecified atom stereocenters. The van der Waals surface area contributed by atoms with Crippen LogP contribution in [0.15, 0.2) is 24.3 Å². The summed E-state index contributed by atoms with van der Waals surface area (Å²) in [6, 6.07) is 0. The third-order valence-corrected chi connectivity index (χ3v) is 6.24. The lowest BCUT2D eigenvalue weighted by atomic mass is 9.53. The minimum atomic E-state index is -0.742. The number of hydrogen-bond acceptors (Lipinski definition) is 4. The van der Waals surface area contributed by atoms with Crippen LogP contribution in [0.3, 0.4) is 0 Å². The number of rotatable bonds is 2. The fourth-order valence-corrected chi connectivity index (χ4v) is 5.81. The van der Waals surface area contributed by atoms with Crippen molar-refractivity contribution in [2.75, 3.05) is 14.2 Å². The van der Waals surface area contributed by atoms with Crippen LogP contribution in [0, 0.1) is 34.5 Å². The van der Waals surface area contributed by atoms with Gasteiger partial charge in [0.2, 0.25) is 0 Å². The van der Waals surface area contributed by atoms with Crippen molar-refractivity contribution in [1.29, 1.82) is 0 Å². The van der Waals surface area contributed by atoms with Crippen molar-refractivity contribution in [3.05, 3.63) is 24.3 Å². The van der Waals surface area contributed by atoms with Gasteiger partial charge in [-0.15, -0.1) is 0 Å². The third kappa shape index (κ3) is 0.912. The summed E-state index contributed by atoms with van der Waals surface area (Å²) < 4.78 is 10.3. The first-order chi connectivity index (χ1) is 9.63. The van der Waals surface area contributed by atoms with Gasteiger partial charge in [-0.05, 0) is 36.5 Å². The fourth-order valence-electron chi connectivity index (χ4n) is 5.81. The summed E-state index contributed by atoms with van der Waals surface area (Å²) in [6.45, 7) is 0. The summed E-state index contributed by atoms with van der Waals surface area (Å²) in [4.78, 5) is 25.5. The highest BCUT2D eigenvalue weighted by molar-refractivity contribution is 5.93. The van der Waals surface area contributed by atoms with E-state index in [-0.39, 0.29) is 35.6 Å². The predicted molar refractivity (Wildman–Crippen MR) is 70.4 cm³/mol. The van der Waals surface area contributed by atoms with Crippen LogP contribution in [0.5, 0.6) is 0 Å². The highest BCUT2D eigenvalue weighted by atomic mass is 16.5. The van der Waals surface area contributed by atoms with E-state index in [0.29, 0.717) is 0 Å². The number of ether oxygens (including phenoxy) is 2. The second kappa shape index (κ2) is 3.54. The fraction of sp³-hybridized carbons (Fsp3) is 0.625. The molecule has 0 spiro atoms. The standard InChI is InChI=1S/C16H18O4/c1-19-13(17)15-9-3-5-11(7-9)16(15,14(18)20-2)12-6-4-10(15)8-12/h3-6,9-12H,7-8H2,1-2H3/t9-,10-,11-,12-,15?,16?/m0/s1. The molecule has 0 aliphatic heterocycles. The van der Waals surface area contributed by atoms with Gasteiger partial charge in [0.25, 0.3) is 0 Å². The Labute approximate surface area is 117 Å². The van der Waals surface area contributed by atoms with Crippen LogP contribution in [0.25, 0.3) is 0 Å². The van der Waals surface area contributed by atoms with E-state index < -0.39 is 10.8 Å². The SMILES string of the molecule is COC(=O)C12[C@H]3C=C[C@@H](C3)C1(C(=O)OC)[C@H]1C=C[C@H]2C1. The summed E-state index contributed by atoms with van der Waals surface area (Å²) in [7, 11) is 2.84. The molecule has 4 rings (SSSR count). The van der Waals surface area contributed by atoms with E-state index in [1.807, 2.05) is 0 Å². The van der Waals surface area contributed by atoms with Crippen LogP contribution < -0.4 is 0 Å². The van der Waals surface area contributed by atoms with E-state index in [0.717, 1.165) is 12.8 Å². The lowest BCUT2D eigenvalue weighted by Gasteiger charge is -2.48. The van der Waals surface area contributed by atoms with Gasteiger partial charge in [-0.3, -0.25) is 9.59 Å². The van der Waals surface area contributed by atoms with Gasteiger partial charge in [0.05, 0.1) is 25.0 Å².